The van der Waals surface area contributed by atoms with Crippen molar-refractivity contribution >= 4 is 11.6 Å². The van der Waals surface area contributed by atoms with Gasteiger partial charge in [-0.1, -0.05) is 0 Å². The molecule has 0 unspecified atom stereocenters. The summed E-state index contributed by atoms with van der Waals surface area (Å²) in [5.74, 6) is 0.571. The molecular formula is C12H10ClFN2O. The van der Waals surface area contributed by atoms with Gasteiger partial charge >= 0.3 is 0 Å². The third-order valence-electron chi connectivity index (χ3n) is 2.26. The lowest BCUT2D eigenvalue weighted by molar-refractivity contribution is 0.387. The summed E-state index contributed by atoms with van der Waals surface area (Å²) < 4.78 is 18.2. The first-order valence-electron chi connectivity index (χ1n) is 4.96. The number of ether oxygens (including phenoxy) is 1. The van der Waals surface area contributed by atoms with E-state index in [0.29, 0.717) is 17.3 Å². The average molecular weight is 253 g/mol. The van der Waals surface area contributed by atoms with E-state index in [0.717, 1.165) is 5.69 Å². The normalized spacial score (nSPS) is 10.3. The van der Waals surface area contributed by atoms with Gasteiger partial charge in [0.25, 0.3) is 0 Å². The van der Waals surface area contributed by atoms with E-state index < -0.39 is 5.82 Å². The maximum atomic E-state index is 13.2. The van der Waals surface area contributed by atoms with Crippen molar-refractivity contribution in [2.24, 2.45) is 0 Å². The second kappa shape index (κ2) is 5.10. The molecule has 0 fully saturated rings. The van der Waals surface area contributed by atoms with E-state index in [1.165, 1.54) is 13.2 Å². The zero-order chi connectivity index (χ0) is 12.3. The van der Waals surface area contributed by atoms with Crippen molar-refractivity contribution in [2.45, 2.75) is 5.88 Å². The summed E-state index contributed by atoms with van der Waals surface area (Å²) in [6, 6.07) is 6.22. The average Bonchev–Trinajstić information content (AvgIpc) is 2.39. The van der Waals surface area contributed by atoms with Gasteiger partial charge in [-0.3, -0.25) is 0 Å². The molecule has 0 aliphatic rings. The molecule has 0 N–H and O–H groups in total. The van der Waals surface area contributed by atoms with Gasteiger partial charge in [-0.25, -0.2) is 14.4 Å². The quantitative estimate of drug-likeness (QED) is 0.788. The zero-order valence-corrected chi connectivity index (χ0v) is 9.91. The Bertz CT molecular complexity index is 534. The molecule has 1 aromatic heterocycles. The molecule has 0 saturated carbocycles. The first-order valence-corrected chi connectivity index (χ1v) is 5.50. The number of hydrogen-bond donors (Lipinski definition) is 0. The minimum absolute atomic E-state index is 0.169. The monoisotopic (exact) mass is 252 g/mol. The van der Waals surface area contributed by atoms with Gasteiger partial charge in [-0.2, -0.15) is 0 Å². The highest BCUT2D eigenvalue weighted by atomic mass is 35.5. The second-order valence-corrected chi connectivity index (χ2v) is 3.62. The van der Waals surface area contributed by atoms with Crippen LogP contribution in [0.1, 0.15) is 5.69 Å². The Hall–Kier alpha value is -1.68. The van der Waals surface area contributed by atoms with Crippen LogP contribution in [0.25, 0.3) is 11.4 Å². The van der Waals surface area contributed by atoms with Crippen molar-refractivity contribution < 1.29 is 9.13 Å². The highest BCUT2D eigenvalue weighted by Crippen LogP contribution is 2.24. The lowest BCUT2D eigenvalue weighted by Gasteiger charge is -2.05. The molecule has 0 aliphatic carbocycles. The summed E-state index contributed by atoms with van der Waals surface area (Å²) >= 11 is 5.70. The molecule has 1 aromatic carbocycles. The molecule has 2 aromatic rings. The smallest absolute Gasteiger partial charge is 0.165 e. The van der Waals surface area contributed by atoms with Crippen molar-refractivity contribution in [3.8, 4) is 17.1 Å². The van der Waals surface area contributed by atoms with E-state index in [-0.39, 0.29) is 5.75 Å². The number of alkyl halides is 1. The third kappa shape index (κ3) is 2.53. The molecule has 17 heavy (non-hydrogen) atoms. The molecule has 0 amide bonds. The van der Waals surface area contributed by atoms with Gasteiger partial charge in [-0.05, 0) is 24.3 Å². The summed E-state index contributed by atoms with van der Waals surface area (Å²) in [6.07, 6.45) is 1.62. The van der Waals surface area contributed by atoms with E-state index in [1.54, 1.807) is 24.4 Å². The molecule has 0 saturated heterocycles. The van der Waals surface area contributed by atoms with Crippen molar-refractivity contribution in [3.05, 3.63) is 42.0 Å². The van der Waals surface area contributed by atoms with Gasteiger partial charge in [0.15, 0.2) is 17.4 Å². The number of aromatic nitrogens is 2. The van der Waals surface area contributed by atoms with Crippen LogP contribution >= 0.6 is 11.6 Å². The lowest BCUT2D eigenvalue weighted by Crippen LogP contribution is -1.94. The van der Waals surface area contributed by atoms with Crippen molar-refractivity contribution in [3.63, 3.8) is 0 Å². The molecule has 1 heterocycles. The van der Waals surface area contributed by atoms with E-state index in [2.05, 4.69) is 9.97 Å². The first-order chi connectivity index (χ1) is 8.24. The molecule has 0 spiro atoms. The topological polar surface area (TPSA) is 35.0 Å². The number of benzene rings is 1. The molecule has 0 radical (unpaired) electrons. The van der Waals surface area contributed by atoms with Gasteiger partial charge in [0.05, 0.1) is 18.7 Å². The summed E-state index contributed by atoms with van der Waals surface area (Å²) in [7, 11) is 1.41. The van der Waals surface area contributed by atoms with Gasteiger partial charge < -0.3 is 4.74 Å². The highest BCUT2D eigenvalue weighted by molar-refractivity contribution is 6.16. The number of methoxy groups -OCH3 is 1. The molecule has 2 rings (SSSR count). The molecule has 3 nitrogen and oxygen atoms in total. The molecule has 88 valence electrons. The minimum Gasteiger partial charge on any atom is -0.494 e. The summed E-state index contributed by atoms with van der Waals surface area (Å²) in [5.41, 5.74) is 1.41. The maximum absolute atomic E-state index is 13.2. The van der Waals surface area contributed by atoms with Crippen LogP contribution in [0, 0.1) is 5.82 Å². The highest BCUT2D eigenvalue weighted by Gasteiger charge is 2.07. The van der Waals surface area contributed by atoms with Crippen LogP contribution in [0.2, 0.25) is 0 Å². The van der Waals surface area contributed by atoms with E-state index in [1.807, 2.05) is 0 Å². The first kappa shape index (κ1) is 11.8. The van der Waals surface area contributed by atoms with Gasteiger partial charge in [0, 0.05) is 11.8 Å². The molecule has 0 bridgehead atoms. The fourth-order valence-electron chi connectivity index (χ4n) is 1.41. The number of nitrogens with zero attached hydrogens (tertiary/aromatic N) is 2. The van der Waals surface area contributed by atoms with E-state index in [9.17, 15) is 4.39 Å². The fourth-order valence-corrected chi connectivity index (χ4v) is 1.56. The van der Waals surface area contributed by atoms with Gasteiger partial charge in [0.2, 0.25) is 0 Å². The largest absolute Gasteiger partial charge is 0.494 e. The Balaban J connectivity index is 2.45. The van der Waals surface area contributed by atoms with Crippen molar-refractivity contribution in [1.29, 1.82) is 0 Å². The van der Waals surface area contributed by atoms with Crippen molar-refractivity contribution in [1.82, 2.24) is 9.97 Å². The van der Waals surface area contributed by atoms with E-state index in [4.69, 9.17) is 16.3 Å². The Morgan fingerprint density at radius 2 is 2.18 bits per heavy atom. The van der Waals surface area contributed by atoms with E-state index >= 15 is 0 Å². The summed E-state index contributed by atoms with van der Waals surface area (Å²) in [4.78, 5) is 8.36. The minimum atomic E-state index is -0.412. The Morgan fingerprint density at radius 1 is 1.35 bits per heavy atom. The molecular weight excluding hydrogens is 243 g/mol. The number of halogens is 2. The summed E-state index contributed by atoms with van der Waals surface area (Å²) in [6.45, 7) is 0. The standard InChI is InChI=1S/C12H10ClFN2O/c1-17-11-6-8(2-3-10(11)14)12-15-5-4-9(7-13)16-12/h2-6H,7H2,1H3. The van der Waals surface area contributed by atoms with Crippen LogP contribution in [0.15, 0.2) is 30.5 Å². The van der Waals surface area contributed by atoms with Crippen LogP contribution in [-0.4, -0.2) is 17.1 Å². The zero-order valence-electron chi connectivity index (χ0n) is 9.15. The lowest BCUT2D eigenvalue weighted by atomic mass is 10.2. The van der Waals surface area contributed by atoms with Crippen LogP contribution in [0.5, 0.6) is 5.75 Å². The Kier molecular flexibility index (Phi) is 3.54. The van der Waals surface area contributed by atoms with Crippen LogP contribution < -0.4 is 4.74 Å². The van der Waals surface area contributed by atoms with Gasteiger partial charge in [-0.15, -0.1) is 11.6 Å². The SMILES string of the molecule is COc1cc(-c2nccc(CCl)n2)ccc1F. The number of hydrogen-bond acceptors (Lipinski definition) is 3. The molecule has 0 aliphatic heterocycles. The predicted octanol–water partition coefficient (Wildman–Crippen LogP) is 3.03. The maximum Gasteiger partial charge on any atom is 0.165 e. The predicted molar refractivity (Wildman–Crippen MR) is 63.5 cm³/mol. The third-order valence-corrected chi connectivity index (χ3v) is 2.53. The Morgan fingerprint density at radius 3 is 2.88 bits per heavy atom. The van der Waals surface area contributed by atoms with Gasteiger partial charge in [0.1, 0.15) is 0 Å². The fraction of sp³-hybridized carbons (Fsp3) is 0.167. The molecule has 5 heteroatoms. The van der Waals surface area contributed by atoms with Crippen LogP contribution in [0.3, 0.4) is 0 Å². The number of rotatable bonds is 3. The van der Waals surface area contributed by atoms with Crippen LogP contribution in [-0.2, 0) is 5.88 Å². The van der Waals surface area contributed by atoms with Crippen LogP contribution in [0.4, 0.5) is 4.39 Å². The summed E-state index contributed by atoms with van der Waals surface area (Å²) in [5, 5.41) is 0. The Labute approximate surface area is 103 Å². The van der Waals surface area contributed by atoms with Crippen molar-refractivity contribution in [2.75, 3.05) is 7.11 Å². The second-order valence-electron chi connectivity index (χ2n) is 3.35. The molecule has 0 atom stereocenters.